The largest absolute Gasteiger partial charge is 0.370 e. The summed E-state index contributed by atoms with van der Waals surface area (Å²) in [5, 5.41) is 3.25. The van der Waals surface area contributed by atoms with Crippen LogP contribution >= 0.6 is 0 Å². The van der Waals surface area contributed by atoms with Gasteiger partial charge in [-0.2, -0.15) is 0 Å². The Hall–Kier alpha value is -2.04. The van der Waals surface area contributed by atoms with Crippen LogP contribution < -0.4 is 5.32 Å². The summed E-state index contributed by atoms with van der Waals surface area (Å²) in [5.41, 5.74) is 1.89. The fourth-order valence-corrected chi connectivity index (χ4v) is 1.86. The molecule has 3 rings (SSSR count). The third-order valence-electron chi connectivity index (χ3n) is 2.91. The molecule has 0 bridgehead atoms. The zero-order chi connectivity index (χ0) is 12.4. The Labute approximate surface area is 106 Å². The Balaban J connectivity index is 2.02. The highest BCUT2D eigenvalue weighted by Crippen LogP contribution is 2.40. The van der Waals surface area contributed by atoms with Gasteiger partial charge in [0.15, 0.2) is 5.82 Å². The highest BCUT2D eigenvalue weighted by molar-refractivity contribution is 5.53. The predicted molar refractivity (Wildman–Crippen MR) is 69.2 cm³/mol. The fourth-order valence-electron chi connectivity index (χ4n) is 1.86. The summed E-state index contributed by atoms with van der Waals surface area (Å²) in [5.74, 6) is 2.16. The molecule has 2 aromatic rings. The molecule has 1 N–H and O–H groups in total. The van der Waals surface area contributed by atoms with Gasteiger partial charge in [0.2, 0.25) is 0 Å². The zero-order valence-electron chi connectivity index (χ0n) is 10.3. The molecule has 18 heavy (non-hydrogen) atoms. The van der Waals surface area contributed by atoms with E-state index >= 15 is 0 Å². The topological polar surface area (TPSA) is 63.6 Å². The van der Waals surface area contributed by atoms with E-state index in [1.807, 2.05) is 12.1 Å². The van der Waals surface area contributed by atoms with Gasteiger partial charge < -0.3 is 5.32 Å². The summed E-state index contributed by atoms with van der Waals surface area (Å²) < 4.78 is 0. The minimum atomic E-state index is 0.603. The number of anilines is 1. The van der Waals surface area contributed by atoms with Crippen molar-refractivity contribution in [3.63, 3.8) is 0 Å². The number of hydrogen-bond donors (Lipinski definition) is 1. The normalized spacial score (nSPS) is 14.5. The summed E-state index contributed by atoms with van der Waals surface area (Å²) >= 11 is 0. The van der Waals surface area contributed by atoms with Crippen LogP contribution in [-0.4, -0.2) is 26.5 Å². The molecule has 92 valence electrons. The minimum Gasteiger partial charge on any atom is -0.370 e. The van der Waals surface area contributed by atoms with Gasteiger partial charge in [-0.15, -0.1) is 0 Å². The second-order valence-corrected chi connectivity index (χ2v) is 4.40. The molecule has 1 aliphatic rings. The number of rotatable bonds is 4. The van der Waals surface area contributed by atoms with Gasteiger partial charge >= 0.3 is 0 Å². The number of hydrogen-bond acceptors (Lipinski definition) is 5. The van der Waals surface area contributed by atoms with Gasteiger partial charge in [0.1, 0.15) is 17.8 Å². The molecule has 5 heteroatoms. The van der Waals surface area contributed by atoms with Gasteiger partial charge in [-0.1, -0.05) is 0 Å². The molecule has 0 spiro atoms. The summed E-state index contributed by atoms with van der Waals surface area (Å²) in [4.78, 5) is 17.2. The van der Waals surface area contributed by atoms with Crippen molar-refractivity contribution >= 4 is 5.82 Å². The van der Waals surface area contributed by atoms with Crippen molar-refractivity contribution in [3.05, 3.63) is 30.4 Å². The molecule has 0 saturated heterocycles. The van der Waals surface area contributed by atoms with Crippen molar-refractivity contribution in [1.29, 1.82) is 0 Å². The van der Waals surface area contributed by atoms with Crippen molar-refractivity contribution < 1.29 is 0 Å². The van der Waals surface area contributed by atoms with Gasteiger partial charge in [0, 0.05) is 30.4 Å². The summed E-state index contributed by atoms with van der Waals surface area (Å²) in [6.07, 6.45) is 5.69. The molecule has 0 atom stereocenters. The van der Waals surface area contributed by atoms with E-state index < -0.39 is 0 Å². The maximum absolute atomic E-state index is 4.61. The van der Waals surface area contributed by atoms with Crippen LogP contribution in [0.2, 0.25) is 0 Å². The molecule has 0 unspecified atom stereocenters. The monoisotopic (exact) mass is 241 g/mol. The van der Waals surface area contributed by atoms with Gasteiger partial charge in [0.25, 0.3) is 0 Å². The molecule has 2 aromatic heterocycles. The summed E-state index contributed by atoms with van der Waals surface area (Å²) in [6, 6.07) is 3.88. The van der Waals surface area contributed by atoms with Crippen molar-refractivity contribution in [2.45, 2.75) is 25.7 Å². The van der Waals surface area contributed by atoms with E-state index in [2.05, 4.69) is 32.2 Å². The van der Waals surface area contributed by atoms with Crippen LogP contribution in [0.1, 0.15) is 31.4 Å². The standard InChI is InChI=1S/C13H15N5/c1-2-15-12-7-11(9-3-4-9)17-13(18-12)10-5-6-14-8-16-10/h5-9H,2-4H2,1H3,(H,15,17,18). The van der Waals surface area contributed by atoms with Crippen LogP contribution in [-0.2, 0) is 0 Å². The first-order valence-electron chi connectivity index (χ1n) is 6.26. The second kappa shape index (κ2) is 4.68. The molecular weight excluding hydrogens is 226 g/mol. The lowest BCUT2D eigenvalue weighted by Gasteiger charge is -2.07. The van der Waals surface area contributed by atoms with Crippen LogP contribution in [0.3, 0.4) is 0 Å². The molecule has 0 aliphatic heterocycles. The van der Waals surface area contributed by atoms with Crippen LogP contribution in [0.15, 0.2) is 24.7 Å². The lowest BCUT2D eigenvalue weighted by Crippen LogP contribution is -2.04. The Bertz CT molecular complexity index is 536. The van der Waals surface area contributed by atoms with Crippen LogP contribution in [0.25, 0.3) is 11.5 Å². The molecule has 0 amide bonds. The molecule has 5 nitrogen and oxygen atoms in total. The minimum absolute atomic E-state index is 0.603. The summed E-state index contributed by atoms with van der Waals surface area (Å²) in [7, 11) is 0. The van der Waals surface area contributed by atoms with Crippen molar-refractivity contribution in [2.75, 3.05) is 11.9 Å². The molecule has 1 aliphatic carbocycles. The molecular formula is C13H15N5. The Morgan fingerprint density at radius 2 is 2.22 bits per heavy atom. The first kappa shape index (κ1) is 11.1. The molecule has 0 aromatic carbocycles. The van der Waals surface area contributed by atoms with Gasteiger partial charge in [-0.3, -0.25) is 0 Å². The Morgan fingerprint density at radius 3 is 2.89 bits per heavy atom. The molecule has 1 fully saturated rings. The maximum Gasteiger partial charge on any atom is 0.180 e. The van der Waals surface area contributed by atoms with Crippen molar-refractivity contribution in [3.8, 4) is 11.5 Å². The van der Waals surface area contributed by atoms with E-state index in [4.69, 9.17) is 0 Å². The number of aromatic nitrogens is 4. The smallest absolute Gasteiger partial charge is 0.180 e. The third kappa shape index (κ3) is 2.30. The molecule has 2 heterocycles. The Morgan fingerprint density at radius 1 is 1.33 bits per heavy atom. The highest BCUT2D eigenvalue weighted by atomic mass is 15.0. The SMILES string of the molecule is CCNc1cc(C2CC2)nc(-c2ccncn2)n1. The maximum atomic E-state index is 4.61. The number of nitrogens with one attached hydrogen (secondary N) is 1. The van der Waals surface area contributed by atoms with Gasteiger partial charge in [-0.25, -0.2) is 19.9 Å². The zero-order valence-corrected chi connectivity index (χ0v) is 10.3. The van der Waals surface area contributed by atoms with E-state index in [1.54, 1.807) is 6.20 Å². The summed E-state index contributed by atoms with van der Waals surface area (Å²) in [6.45, 7) is 2.91. The average molecular weight is 241 g/mol. The van der Waals surface area contributed by atoms with E-state index in [9.17, 15) is 0 Å². The number of nitrogens with zero attached hydrogens (tertiary/aromatic N) is 4. The van der Waals surface area contributed by atoms with E-state index in [-0.39, 0.29) is 0 Å². The second-order valence-electron chi connectivity index (χ2n) is 4.40. The van der Waals surface area contributed by atoms with E-state index in [0.29, 0.717) is 11.7 Å². The first-order valence-corrected chi connectivity index (χ1v) is 6.26. The van der Waals surface area contributed by atoms with E-state index in [0.717, 1.165) is 23.8 Å². The highest BCUT2D eigenvalue weighted by Gasteiger charge is 2.26. The van der Waals surface area contributed by atoms with Crippen molar-refractivity contribution in [2.24, 2.45) is 0 Å². The fraction of sp³-hybridized carbons (Fsp3) is 0.385. The van der Waals surface area contributed by atoms with Crippen molar-refractivity contribution in [1.82, 2.24) is 19.9 Å². The third-order valence-corrected chi connectivity index (χ3v) is 2.91. The first-order chi connectivity index (χ1) is 8.86. The lowest BCUT2D eigenvalue weighted by molar-refractivity contribution is 0.978. The molecule has 0 radical (unpaired) electrons. The average Bonchev–Trinajstić information content (AvgIpc) is 3.24. The Kier molecular flexibility index (Phi) is 2.88. The molecule has 1 saturated carbocycles. The quantitative estimate of drug-likeness (QED) is 0.889. The van der Waals surface area contributed by atoms with Gasteiger partial charge in [-0.05, 0) is 25.8 Å². The van der Waals surface area contributed by atoms with Crippen LogP contribution in [0, 0.1) is 0 Å². The van der Waals surface area contributed by atoms with Crippen LogP contribution in [0.5, 0.6) is 0 Å². The predicted octanol–water partition coefficient (Wildman–Crippen LogP) is 2.24. The van der Waals surface area contributed by atoms with E-state index in [1.165, 1.54) is 19.2 Å². The van der Waals surface area contributed by atoms with Crippen LogP contribution in [0.4, 0.5) is 5.82 Å². The van der Waals surface area contributed by atoms with Gasteiger partial charge in [0.05, 0.1) is 0 Å². The lowest BCUT2D eigenvalue weighted by atomic mass is 10.2.